The van der Waals surface area contributed by atoms with Crippen molar-refractivity contribution in [1.29, 1.82) is 0 Å². The van der Waals surface area contributed by atoms with Gasteiger partial charge in [0, 0.05) is 29.0 Å². The summed E-state index contributed by atoms with van der Waals surface area (Å²) < 4.78 is 13.3. The van der Waals surface area contributed by atoms with Gasteiger partial charge in [0.15, 0.2) is 0 Å². The molecule has 35 heavy (non-hydrogen) atoms. The van der Waals surface area contributed by atoms with Crippen LogP contribution in [0.4, 0.5) is 5.69 Å². The number of nitrogens with zero attached hydrogens (tertiary/aromatic N) is 1. The molecule has 0 amide bonds. The Kier molecular flexibility index (Phi) is 7.42. The Labute approximate surface area is 206 Å². The van der Waals surface area contributed by atoms with Crippen LogP contribution in [0, 0.1) is 20.8 Å². The summed E-state index contributed by atoms with van der Waals surface area (Å²) in [6, 6.07) is 21.8. The summed E-state index contributed by atoms with van der Waals surface area (Å²) in [5.41, 5.74) is 6.49. The fraction of sp³-hybridized carbons (Fsp3) is 0.276. The van der Waals surface area contributed by atoms with E-state index in [1.54, 1.807) is 6.92 Å². The van der Waals surface area contributed by atoms with Gasteiger partial charge in [-0.25, -0.2) is 4.79 Å². The topological polar surface area (TPSA) is 72.7 Å². The number of carbonyl (C=O) groups is 1. The molecule has 4 rings (SSSR count). The quantitative estimate of drug-likeness (QED) is 0.311. The fourth-order valence-corrected chi connectivity index (χ4v) is 4.13. The number of aromatic nitrogens is 1. The maximum absolute atomic E-state index is 12.9. The minimum atomic E-state index is -0.699. The number of ether oxygens (including phenoxy) is 2. The van der Waals surface area contributed by atoms with Gasteiger partial charge in [0.25, 0.3) is 0 Å². The molecule has 0 radical (unpaired) electrons. The van der Waals surface area contributed by atoms with E-state index in [-0.39, 0.29) is 12.6 Å². The second-order valence-electron chi connectivity index (χ2n) is 8.74. The van der Waals surface area contributed by atoms with Gasteiger partial charge in [-0.15, -0.1) is 0 Å². The predicted octanol–water partition coefficient (Wildman–Crippen LogP) is 5.58. The molecular formula is C29H32N2O4. The van der Waals surface area contributed by atoms with Gasteiger partial charge in [0.2, 0.25) is 0 Å². The number of anilines is 1. The van der Waals surface area contributed by atoms with E-state index in [9.17, 15) is 9.90 Å². The lowest BCUT2D eigenvalue weighted by molar-refractivity contribution is 0.0527. The number of nitrogens with one attached hydrogen (secondary N) is 1. The van der Waals surface area contributed by atoms with Crippen molar-refractivity contribution in [3.63, 3.8) is 0 Å². The van der Waals surface area contributed by atoms with Gasteiger partial charge in [0.1, 0.15) is 18.5 Å². The van der Waals surface area contributed by atoms with Crippen molar-refractivity contribution in [2.45, 2.75) is 33.8 Å². The number of aliphatic hydroxyl groups is 1. The van der Waals surface area contributed by atoms with Gasteiger partial charge in [-0.05, 0) is 70.2 Å². The highest BCUT2D eigenvalue weighted by Crippen LogP contribution is 2.32. The summed E-state index contributed by atoms with van der Waals surface area (Å²) in [5.74, 6) is 0.221. The number of carbonyl (C=O) groups excluding carboxylic acids is 1. The van der Waals surface area contributed by atoms with Crippen molar-refractivity contribution in [2.24, 2.45) is 0 Å². The molecule has 2 N–H and O–H groups in total. The number of benzene rings is 3. The van der Waals surface area contributed by atoms with Crippen LogP contribution in [0.3, 0.4) is 0 Å². The van der Waals surface area contributed by atoms with E-state index in [0.29, 0.717) is 24.5 Å². The maximum Gasteiger partial charge on any atom is 0.340 e. The number of rotatable bonds is 9. The lowest BCUT2D eigenvalue weighted by Crippen LogP contribution is -2.26. The third kappa shape index (κ3) is 5.49. The number of fused-ring (bicyclic) bond motifs is 1. The average molecular weight is 473 g/mol. The zero-order valence-corrected chi connectivity index (χ0v) is 20.7. The van der Waals surface area contributed by atoms with Crippen LogP contribution < -0.4 is 10.1 Å². The van der Waals surface area contributed by atoms with Crippen molar-refractivity contribution in [3.8, 4) is 11.4 Å². The normalized spacial score (nSPS) is 11.9. The Morgan fingerprint density at radius 3 is 2.29 bits per heavy atom. The van der Waals surface area contributed by atoms with E-state index in [1.807, 2.05) is 87.5 Å². The zero-order chi connectivity index (χ0) is 24.9. The molecule has 1 heterocycles. The first kappa shape index (κ1) is 24.4. The molecule has 0 saturated carbocycles. The van der Waals surface area contributed by atoms with Crippen LogP contribution in [0.5, 0.6) is 5.75 Å². The van der Waals surface area contributed by atoms with E-state index in [2.05, 4.69) is 9.88 Å². The Bertz CT molecular complexity index is 1310. The minimum absolute atomic E-state index is 0.122. The number of hydrogen-bond acceptors (Lipinski definition) is 5. The Balaban J connectivity index is 1.57. The molecule has 0 fully saturated rings. The highest BCUT2D eigenvalue weighted by molar-refractivity contribution is 6.07. The Hall–Kier alpha value is -3.77. The van der Waals surface area contributed by atoms with Crippen LogP contribution in [-0.2, 0) is 4.74 Å². The van der Waals surface area contributed by atoms with Gasteiger partial charge >= 0.3 is 5.97 Å². The van der Waals surface area contributed by atoms with Gasteiger partial charge in [-0.1, -0.05) is 35.4 Å². The molecule has 182 valence electrons. The largest absolute Gasteiger partial charge is 0.491 e. The molecule has 1 unspecified atom stereocenters. The van der Waals surface area contributed by atoms with Crippen LogP contribution in [0.2, 0.25) is 0 Å². The molecule has 1 atom stereocenters. The Morgan fingerprint density at radius 1 is 0.971 bits per heavy atom. The van der Waals surface area contributed by atoms with Crippen molar-refractivity contribution in [2.75, 3.05) is 25.1 Å². The third-order valence-corrected chi connectivity index (χ3v) is 5.98. The first-order chi connectivity index (χ1) is 16.9. The lowest BCUT2D eigenvalue weighted by atomic mass is 10.1. The van der Waals surface area contributed by atoms with E-state index in [4.69, 9.17) is 9.47 Å². The summed E-state index contributed by atoms with van der Waals surface area (Å²) in [6.45, 7) is 8.58. The molecule has 0 spiro atoms. The van der Waals surface area contributed by atoms with Crippen LogP contribution in [0.25, 0.3) is 16.6 Å². The number of aliphatic hydroxyl groups excluding tert-OH is 1. The van der Waals surface area contributed by atoms with Gasteiger partial charge in [-0.2, -0.15) is 0 Å². The summed E-state index contributed by atoms with van der Waals surface area (Å²) in [4.78, 5) is 12.9. The summed E-state index contributed by atoms with van der Waals surface area (Å²) in [6.07, 6.45) is -0.699. The molecule has 0 aliphatic heterocycles. The van der Waals surface area contributed by atoms with Crippen LogP contribution in [0.15, 0.2) is 66.7 Å². The summed E-state index contributed by atoms with van der Waals surface area (Å²) in [5, 5.41) is 14.4. The molecule has 6 heteroatoms. The van der Waals surface area contributed by atoms with E-state index < -0.39 is 6.10 Å². The van der Waals surface area contributed by atoms with Crippen LogP contribution >= 0.6 is 0 Å². The zero-order valence-electron chi connectivity index (χ0n) is 20.7. The van der Waals surface area contributed by atoms with Gasteiger partial charge < -0.3 is 24.5 Å². The highest BCUT2D eigenvalue weighted by Gasteiger charge is 2.22. The molecule has 3 aromatic carbocycles. The maximum atomic E-state index is 12.9. The fourth-order valence-electron chi connectivity index (χ4n) is 4.13. The number of aryl methyl sites for hydroxylation is 2. The molecule has 1 aromatic heterocycles. The molecule has 4 aromatic rings. The van der Waals surface area contributed by atoms with Crippen molar-refractivity contribution >= 4 is 22.6 Å². The van der Waals surface area contributed by atoms with E-state index >= 15 is 0 Å². The average Bonchev–Trinajstić information content (AvgIpc) is 3.14. The van der Waals surface area contributed by atoms with Crippen LogP contribution in [-0.4, -0.2) is 41.5 Å². The standard InChI is InChI=1S/C29H32N2O4/c1-5-34-29(33)28-21(4)31(23-12-8-20(3)9-13-23)27-15-14-25(16-26(27)28)35-18-24(32)17-30-22-10-6-19(2)7-11-22/h6-16,24,30,32H,5,17-18H2,1-4H3. The SMILES string of the molecule is CCOC(=O)c1c(C)n(-c2ccc(C)cc2)c2ccc(OCC(O)CNc3ccc(C)cc3)cc12. The number of hydrogen-bond donors (Lipinski definition) is 2. The number of esters is 1. The van der Waals surface area contributed by atoms with E-state index in [0.717, 1.165) is 28.0 Å². The van der Waals surface area contributed by atoms with E-state index in [1.165, 1.54) is 11.1 Å². The van der Waals surface area contributed by atoms with Gasteiger partial charge in [-0.3, -0.25) is 0 Å². The van der Waals surface area contributed by atoms with Crippen LogP contribution in [0.1, 0.15) is 34.1 Å². The predicted molar refractivity (Wildman–Crippen MR) is 140 cm³/mol. The lowest BCUT2D eigenvalue weighted by Gasteiger charge is -2.14. The highest BCUT2D eigenvalue weighted by atomic mass is 16.5. The molecule has 0 aliphatic carbocycles. The van der Waals surface area contributed by atoms with Gasteiger partial charge in [0.05, 0.1) is 17.7 Å². The van der Waals surface area contributed by atoms with Crippen molar-refractivity contribution in [3.05, 3.63) is 89.1 Å². The Morgan fingerprint density at radius 2 is 1.63 bits per heavy atom. The van der Waals surface area contributed by atoms with Crippen molar-refractivity contribution < 1.29 is 19.4 Å². The summed E-state index contributed by atoms with van der Waals surface area (Å²) >= 11 is 0. The van der Waals surface area contributed by atoms with Crippen molar-refractivity contribution in [1.82, 2.24) is 4.57 Å². The molecule has 6 nitrogen and oxygen atoms in total. The molecule has 0 saturated heterocycles. The molecule has 0 bridgehead atoms. The minimum Gasteiger partial charge on any atom is -0.491 e. The summed E-state index contributed by atoms with van der Waals surface area (Å²) in [7, 11) is 0. The molecule has 0 aliphatic rings. The first-order valence-corrected chi connectivity index (χ1v) is 11.9. The smallest absolute Gasteiger partial charge is 0.340 e. The second-order valence-corrected chi connectivity index (χ2v) is 8.74. The first-order valence-electron chi connectivity index (χ1n) is 11.9. The monoisotopic (exact) mass is 472 g/mol. The second kappa shape index (κ2) is 10.7. The third-order valence-electron chi connectivity index (χ3n) is 5.98. The molecular weight excluding hydrogens is 440 g/mol.